The Morgan fingerprint density at radius 1 is 1.25 bits per heavy atom. The summed E-state index contributed by atoms with van der Waals surface area (Å²) in [4.78, 5) is 37.3. The van der Waals surface area contributed by atoms with Crippen LogP contribution in [-0.4, -0.2) is 47.2 Å². The molecule has 7 heteroatoms. The SMILES string of the molecule is CSCC[C@H](C(=O)NCCc1ccccc1Br)N1C(=O)C=CC1=O. The molecule has 0 spiro atoms. The molecule has 0 bridgehead atoms. The third kappa shape index (κ3) is 4.70. The molecule has 1 heterocycles. The predicted molar refractivity (Wildman–Crippen MR) is 98.6 cm³/mol. The van der Waals surface area contributed by atoms with Crippen LogP contribution in [0.2, 0.25) is 0 Å². The van der Waals surface area contributed by atoms with Gasteiger partial charge in [-0.1, -0.05) is 34.1 Å². The van der Waals surface area contributed by atoms with Crippen molar-refractivity contribution >= 4 is 45.4 Å². The molecule has 0 fully saturated rings. The van der Waals surface area contributed by atoms with Crippen LogP contribution >= 0.6 is 27.7 Å². The highest BCUT2D eigenvalue weighted by atomic mass is 79.9. The lowest BCUT2D eigenvalue weighted by atomic mass is 10.1. The number of thioether (sulfide) groups is 1. The molecule has 24 heavy (non-hydrogen) atoms. The van der Waals surface area contributed by atoms with Gasteiger partial charge in [-0.15, -0.1) is 0 Å². The first-order valence-electron chi connectivity index (χ1n) is 7.60. The molecular formula is C17H19BrN2O3S. The van der Waals surface area contributed by atoms with Crippen LogP contribution in [0.25, 0.3) is 0 Å². The summed E-state index contributed by atoms with van der Waals surface area (Å²) in [6.07, 6.45) is 5.46. The monoisotopic (exact) mass is 410 g/mol. The highest BCUT2D eigenvalue weighted by molar-refractivity contribution is 9.10. The van der Waals surface area contributed by atoms with Gasteiger partial charge in [-0.3, -0.25) is 19.3 Å². The molecular weight excluding hydrogens is 392 g/mol. The van der Waals surface area contributed by atoms with Crippen molar-refractivity contribution in [1.82, 2.24) is 10.2 Å². The van der Waals surface area contributed by atoms with E-state index in [1.54, 1.807) is 11.8 Å². The molecule has 0 aromatic heterocycles. The number of carbonyl (C=O) groups is 3. The standard InChI is InChI=1S/C17H19BrN2O3S/c1-24-11-9-14(20-15(21)6-7-16(20)22)17(23)19-10-8-12-4-2-3-5-13(12)18/h2-7,14H,8-11H2,1H3,(H,19,23)/t14-/m1/s1. The zero-order chi connectivity index (χ0) is 17.5. The molecule has 1 aliphatic heterocycles. The predicted octanol–water partition coefficient (Wildman–Crippen LogP) is 2.15. The zero-order valence-corrected chi connectivity index (χ0v) is 15.7. The van der Waals surface area contributed by atoms with Crippen LogP contribution < -0.4 is 5.32 Å². The normalized spacial score (nSPS) is 15.0. The van der Waals surface area contributed by atoms with Gasteiger partial charge in [0.25, 0.3) is 11.8 Å². The van der Waals surface area contributed by atoms with Crippen molar-refractivity contribution in [2.24, 2.45) is 0 Å². The lowest BCUT2D eigenvalue weighted by molar-refractivity contribution is -0.145. The number of benzene rings is 1. The quantitative estimate of drug-likeness (QED) is 0.666. The second-order valence-electron chi connectivity index (χ2n) is 5.31. The third-order valence-electron chi connectivity index (χ3n) is 3.70. The molecule has 0 saturated heterocycles. The number of hydrogen-bond acceptors (Lipinski definition) is 4. The van der Waals surface area contributed by atoms with E-state index in [0.29, 0.717) is 25.1 Å². The maximum Gasteiger partial charge on any atom is 0.254 e. The smallest absolute Gasteiger partial charge is 0.254 e. The average Bonchev–Trinajstić information content (AvgIpc) is 2.89. The van der Waals surface area contributed by atoms with E-state index >= 15 is 0 Å². The lowest BCUT2D eigenvalue weighted by Gasteiger charge is -2.25. The maximum absolute atomic E-state index is 12.5. The molecule has 0 saturated carbocycles. The highest BCUT2D eigenvalue weighted by Crippen LogP contribution is 2.17. The summed E-state index contributed by atoms with van der Waals surface area (Å²) in [6, 6.07) is 7.05. The van der Waals surface area contributed by atoms with Crippen molar-refractivity contribution in [3.8, 4) is 0 Å². The van der Waals surface area contributed by atoms with Crippen molar-refractivity contribution in [1.29, 1.82) is 0 Å². The van der Waals surface area contributed by atoms with E-state index in [-0.39, 0.29) is 5.91 Å². The first-order chi connectivity index (χ1) is 11.5. The highest BCUT2D eigenvalue weighted by Gasteiger charge is 2.35. The van der Waals surface area contributed by atoms with Crippen LogP contribution in [0.3, 0.4) is 0 Å². The fraction of sp³-hybridized carbons (Fsp3) is 0.353. The fourth-order valence-electron chi connectivity index (χ4n) is 2.47. The molecule has 0 aliphatic carbocycles. The summed E-state index contributed by atoms with van der Waals surface area (Å²) in [5, 5.41) is 2.84. The van der Waals surface area contributed by atoms with Gasteiger partial charge in [0, 0.05) is 23.2 Å². The van der Waals surface area contributed by atoms with Gasteiger partial charge in [0.1, 0.15) is 6.04 Å². The molecule has 3 amide bonds. The van der Waals surface area contributed by atoms with Crippen molar-refractivity contribution in [2.45, 2.75) is 18.9 Å². The van der Waals surface area contributed by atoms with Crippen LogP contribution in [0.4, 0.5) is 0 Å². The molecule has 2 rings (SSSR count). The molecule has 0 unspecified atom stereocenters. The van der Waals surface area contributed by atoms with Crippen LogP contribution in [0.1, 0.15) is 12.0 Å². The lowest BCUT2D eigenvalue weighted by Crippen LogP contribution is -2.50. The first kappa shape index (κ1) is 18.7. The zero-order valence-electron chi connectivity index (χ0n) is 13.3. The molecule has 1 aromatic carbocycles. The Bertz CT molecular complexity index is 645. The average molecular weight is 411 g/mol. The van der Waals surface area contributed by atoms with E-state index in [9.17, 15) is 14.4 Å². The number of carbonyl (C=O) groups excluding carboxylic acids is 3. The number of amides is 3. The van der Waals surface area contributed by atoms with E-state index in [0.717, 1.165) is 14.9 Å². The molecule has 1 aliphatic rings. The Morgan fingerprint density at radius 2 is 1.92 bits per heavy atom. The minimum absolute atomic E-state index is 0.290. The molecule has 1 atom stereocenters. The minimum Gasteiger partial charge on any atom is -0.354 e. The summed E-state index contributed by atoms with van der Waals surface area (Å²) in [5.41, 5.74) is 1.09. The van der Waals surface area contributed by atoms with Gasteiger partial charge in [-0.25, -0.2) is 0 Å². The van der Waals surface area contributed by atoms with E-state index < -0.39 is 17.9 Å². The van der Waals surface area contributed by atoms with Gasteiger partial charge in [0.2, 0.25) is 5.91 Å². The third-order valence-corrected chi connectivity index (χ3v) is 5.12. The summed E-state index contributed by atoms with van der Waals surface area (Å²) in [7, 11) is 0. The molecule has 0 radical (unpaired) electrons. The first-order valence-corrected chi connectivity index (χ1v) is 9.78. The maximum atomic E-state index is 12.5. The Balaban J connectivity index is 1.96. The fourth-order valence-corrected chi connectivity index (χ4v) is 3.41. The van der Waals surface area contributed by atoms with Crippen LogP contribution in [0.5, 0.6) is 0 Å². The molecule has 1 N–H and O–H groups in total. The van der Waals surface area contributed by atoms with Crippen LogP contribution in [-0.2, 0) is 20.8 Å². The van der Waals surface area contributed by atoms with Crippen LogP contribution in [0.15, 0.2) is 40.9 Å². The molecule has 1 aromatic rings. The van der Waals surface area contributed by atoms with Crippen molar-refractivity contribution < 1.29 is 14.4 Å². The Kier molecular flexibility index (Phi) is 7.05. The van der Waals surface area contributed by atoms with E-state index in [2.05, 4.69) is 21.2 Å². The Labute approximate surface area is 154 Å². The second kappa shape index (κ2) is 9.03. The minimum atomic E-state index is -0.758. The summed E-state index contributed by atoms with van der Waals surface area (Å²) < 4.78 is 0.993. The summed E-state index contributed by atoms with van der Waals surface area (Å²) in [6.45, 7) is 0.445. The van der Waals surface area contributed by atoms with E-state index in [1.807, 2.05) is 30.5 Å². The molecule has 128 valence electrons. The Hall–Kier alpha value is -1.60. The van der Waals surface area contributed by atoms with Crippen molar-refractivity contribution in [3.63, 3.8) is 0 Å². The van der Waals surface area contributed by atoms with Crippen LogP contribution in [0, 0.1) is 0 Å². The Morgan fingerprint density at radius 3 is 2.54 bits per heavy atom. The summed E-state index contributed by atoms with van der Waals surface area (Å²) >= 11 is 5.05. The molecule has 5 nitrogen and oxygen atoms in total. The topological polar surface area (TPSA) is 66.5 Å². The largest absolute Gasteiger partial charge is 0.354 e. The number of nitrogens with zero attached hydrogens (tertiary/aromatic N) is 1. The van der Waals surface area contributed by atoms with Gasteiger partial charge >= 0.3 is 0 Å². The van der Waals surface area contributed by atoms with Gasteiger partial charge in [0.05, 0.1) is 0 Å². The number of imide groups is 1. The van der Waals surface area contributed by atoms with Crippen molar-refractivity contribution in [2.75, 3.05) is 18.6 Å². The number of rotatable bonds is 8. The van der Waals surface area contributed by atoms with E-state index in [1.165, 1.54) is 12.2 Å². The van der Waals surface area contributed by atoms with Gasteiger partial charge in [-0.05, 0) is 36.5 Å². The second-order valence-corrected chi connectivity index (χ2v) is 7.15. The summed E-state index contributed by atoms with van der Waals surface area (Å²) in [5.74, 6) is -0.444. The van der Waals surface area contributed by atoms with Gasteiger partial charge in [0.15, 0.2) is 0 Å². The van der Waals surface area contributed by atoms with Crippen molar-refractivity contribution in [3.05, 3.63) is 46.5 Å². The van der Waals surface area contributed by atoms with E-state index in [4.69, 9.17) is 0 Å². The number of hydrogen-bond donors (Lipinski definition) is 1. The number of halogens is 1. The van der Waals surface area contributed by atoms with Gasteiger partial charge < -0.3 is 5.32 Å². The van der Waals surface area contributed by atoms with Gasteiger partial charge in [-0.2, -0.15) is 11.8 Å². The number of nitrogens with one attached hydrogen (secondary N) is 1.